The van der Waals surface area contributed by atoms with Crippen LogP contribution < -0.4 is 10.9 Å². The lowest BCUT2D eigenvalue weighted by Gasteiger charge is -2.14. The average Bonchev–Trinajstić information content (AvgIpc) is 3.05. The van der Waals surface area contributed by atoms with Crippen LogP contribution in [0.1, 0.15) is 22.4 Å². The number of fused-ring (bicyclic) bond motifs is 3. The summed E-state index contributed by atoms with van der Waals surface area (Å²) in [5.74, 6) is 0. The van der Waals surface area contributed by atoms with Crippen LogP contribution in [0.25, 0.3) is 16.6 Å². The van der Waals surface area contributed by atoms with Gasteiger partial charge in [0.25, 0.3) is 5.56 Å². The molecule has 0 spiro atoms. The van der Waals surface area contributed by atoms with Gasteiger partial charge in [0.1, 0.15) is 0 Å². The zero-order chi connectivity index (χ0) is 19.8. The maximum Gasteiger partial charge on any atom is 0.255 e. The number of hydrogen-bond acceptors (Lipinski definition) is 2. The topological polar surface area (TPSA) is 39.0 Å². The molecule has 1 N–H and O–H groups in total. The Hall–Kier alpha value is -3.11. The second-order valence-corrected chi connectivity index (χ2v) is 7.84. The Bertz CT molecular complexity index is 1230. The van der Waals surface area contributed by atoms with Gasteiger partial charge in [-0.15, -0.1) is 0 Å². The number of benzene rings is 2. The van der Waals surface area contributed by atoms with E-state index in [-0.39, 0.29) is 5.56 Å². The van der Waals surface area contributed by atoms with E-state index in [4.69, 9.17) is 0 Å². The Morgan fingerprint density at radius 2 is 1.79 bits per heavy atom. The predicted octanol–water partition coefficient (Wildman–Crippen LogP) is 3.76. The smallest absolute Gasteiger partial charge is 0.255 e. The van der Waals surface area contributed by atoms with Crippen LogP contribution in [0.3, 0.4) is 0 Å². The number of pyridine rings is 1. The lowest BCUT2D eigenvalue weighted by molar-refractivity contribution is 0.614. The molecule has 0 bridgehead atoms. The summed E-state index contributed by atoms with van der Waals surface area (Å²) in [4.78, 5) is 12.8. The van der Waals surface area contributed by atoms with E-state index in [1.807, 2.05) is 12.3 Å². The van der Waals surface area contributed by atoms with Gasteiger partial charge in [0.2, 0.25) is 0 Å². The van der Waals surface area contributed by atoms with Gasteiger partial charge in [-0.25, -0.2) is 0 Å². The summed E-state index contributed by atoms with van der Waals surface area (Å²) in [7, 11) is 2.12. The molecular weight excluding hydrogens is 358 g/mol. The molecule has 0 radical (unpaired) electrons. The van der Waals surface area contributed by atoms with Gasteiger partial charge in [-0.1, -0.05) is 36.4 Å². The largest absolute Gasteiger partial charge is 0.346 e. The van der Waals surface area contributed by atoms with Gasteiger partial charge in [0, 0.05) is 36.9 Å². The molecule has 146 valence electrons. The van der Waals surface area contributed by atoms with Gasteiger partial charge >= 0.3 is 0 Å². The summed E-state index contributed by atoms with van der Waals surface area (Å²) in [5.41, 5.74) is 7.30. The van der Waals surface area contributed by atoms with Crippen molar-refractivity contribution in [2.24, 2.45) is 7.05 Å². The molecule has 29 heavy (non-hydrogen) atoms. The molecule has 0 saturated carbocycles. The first-order valence-corrected chi connectivity index (χ1v) is 10.3. The first-order chi connectivity index (χ1) is 14.2. The van der Waals surface area contributed by atoms with Crippen molar-refractivity contribution in [2.75, 3.05) is 6.54 Å². The summed E-state index contributed by atoms with van der Waals surface area (Å²) < 4.78 is 4.01. The fourth-order valence-corrected chi connectivity index (χ4v) is 4.45. The van der Waals surface area contributed by atoms with Gasteiger partial charge in [-0.05, 0) is 60.7 Å². The van der Waals surface area contributed by atoms with Crippen LogP contribution in [0.15, 0.2) is 71.7 Å². The minimum absolute atomic E-state index is 0.0237. The van der Waals surface area contributed by atoms with Crippen LogP contribution in [0.2, 0.25) is 0 Å². The minimum Gasteiger partial charge on any atom is -0.346 e. The van der Waals surface area contributed by atoms with Crippen LogP contribution >= 0.6 is 0 Å². The second-order valence-electron chi connectivity index (χ2n) is 7.84. The van der Waals surface area contributed by atoms with Crippen LogP contribution in [0.5, 0.6) is 0 Å². The van der Waals surface area contributed by atoms with Crippen molar-refractivity contribution in [1.29, 1.82) is 0 Å². The van der Waals surface area contributed by atoms with Crippen molar-refractivity contribution < 1.29 is 0 Å². The highest BCUT2D eigenvalue weighted by Gasteiger charge is 2.18. The lowest BCUT2D eigenvalue weighted by atomic mass is 10.0. The Kier molecular flexibility index (Phi) is 4.57. The Labute approximate surface area is 170 Å². The summed E-state index contributed by atoms with van der Waals surface area (Å²) in [5, 5.41) is 4.76. The van der Waals surface area contributed by atoms with Crippen molar-refractivity contribution in [3.05, 3.63) is 99.6 Å². The van der Waals surface area contributed by atoms with E-state index in [0.717, 1.165) is 43.6 Å². The molecule has 1 aliphatic rings. The maximum atomic E-state index is 12.8. The van der Waals surface area contributed by atoms with Crippen molar-refractivity contribution in [2.45, 2.75) is 25.8 Å². The highest BCUT2D eigenvalue weighted by Crippen LogP contribution is 2.29. The quantitative estimate of drug-likeness (QED) is 0.583. The first kappa shape index (κ1) is 18.0. The van der Waals surface area contributed by atoms with E-state index >= 15 is 0 Å². The summed E-state index contributed by atoms with van der Waals surface area (Å²) in [6.45, 7) is 1.93. The monoisotopic (exact) mass is 383 g/mol. The fourth-order valence-electron chi connectivity index (χ4n) is 4.45. The molecule has 4 heteroatoms. The molecule has 5 rings (SSSR count). The van der Waals surface area contributed by atoms with Gasteiger partial charge < -0.3 is 9.88 Å². The summed E-state index contributed by atoms with van der Waals surface area (Å²) >= 11 is 0. The molecular formula is C25H25N3O. The highest BCUT2D eigenvalue weighted by atomic mass is 16.1. The fraction of sp³-hybridized carbons (Fsp3) is 0.240. The first-order valence-electron chi connectivity index (χ1n) is 10.3. The molecule has 0 saturated heterocycles. The van der Waals surface area contributed by atoms with Gasteiger partial charge in [0.15, 0.2) is 0 Å². The number of hydrogen-bond donors (Lipinski definition) is 1. The van der Waals surface area contributed by atoms with E-state index in [2.05, 4.69) is 65.5 Å². The molecule has 2 aromatic heterocycles. The molecule has 2 aromatic carbocycles. The highest BCUT2D eigenvalue weighted by molar-refractivity contribution is 5.87. The normalized spacial score (nSPS) is 13.6. The molecule has 0 unspecified atom stereocenters. The molecule has 1 aliphatic heterocycles. The molecule has 0 atom stereocenters. The number of aryl methyl sites for hydroxylation is 3. The van der Waals surface area contributed by atoms with Crippen LogP contribution in [0, 0.1) is 0 Å². The Balaban J connectivity index is 1.45. The minimum atomic E-state index is 0.0237. The molecule has 0 aliphatic carbocycles. The van der Waals surface area contributed by atoms with Crippen LogP contribution in [-0.4, -0.2) is 15.7 Å². The molecule has 0 fully saturated rings. The van der Waals surface area contributed by atoms with E-state index in [1.165, 1.54) is 27.7 Å². The number of rotatable bonds is 4. The molecule has 3 heterocycles. The van der Waals surface area contributed by atoms with Crippen LogP contribution in [0.4, 0.5) is 0 Å². The van der Waals surface area contributed by atoms with Gasteiger partial charge in [-0.2, -0.15) is 0 Å². The van der Waals surface area contributed by atoms with E-state index in [0.29, 0.717) is 0 Å². The molecule has 4 nitrogen and oxygen atoms in total. The Morgan fingerprint density at radius 3 is 2.62 bits per heavy atom. The summed E-state index contributed by atoms with van der Waals surface area (Å²) in [6.07, 6.45) is 4.78. The zero-order valence-electron chi connectivity index (χ0n) is 16.7. The molecule has 0 amide bonds. The third kappa shape index (κ3) is 3.30. The van der Waals surface area contributed by atoms with Gasteiger partial charge in [-0.3, -0.25) is 9.36 Å². The zero-order valence-corrected chi connectivity index (χ0v) is 16.7. The number of nitrogens with zero attached hydrogens (tertiary/aromatic N) is 2. The standard InChI is InChI=1S/C25H25N3O/c1-27-23-16-20(9-10-21(23)22-11-13-26-17-24(22)27)28-14-12-19(15-25(28)29)8-7-18-5-3-2-4-6-18/h2-6,9-10,12,14-16,26H,7-8,11,13,17H2,1H3. The second kappa shape index (κ2) is 7.37. The van der Waals surface area contributed by atoms with Crippen LogP contribution in [-0.2, 0) is 32.9 Å². The van der Waals surface area contributed by atoms with E-state index in [1.54, 1.807) is 10.6 Å². The SMILES string of the molecule is Cn1c2c(c3ccc(-n4ccc(CCc5ccccc5)cc4=O)cc31)CCNC2. The van der Waals surface area contributed by atoms with E-state index < -0.39 is 0 Å². The van der Waals surface area contributed by atoms with Crippen molar-refractivity contribution >= 4 is 10.9 Å². The third-order valence-corrected chi connectivity index (χ3v) is 6.07. The summed E-state index contributed by atoms with van der Waals surface area (Å²) in [6, 6.07) is 20.6. The van der Waals surface area contributed by atoms with Gasteiger partial charge in [0.05, 0.1) is 11.2 Å². The van der Waals surface area contributed by atoms with Crippen molar-refractivity contribution in [1.82, 2.24) is 14.5 Å². The lowest BCUT2D eigenvalue weighted by Crippen LogP contribution is -2.24. The maximum absolute atomic E-state index is 12.8. The average molecular weight is 383 g/mol. The third-order valence-electron chi connectivity index (χ3n) is 6.07. The van der Waals surface area contributed by atoms with Crippen molar-refractivity contribution in [3.8, 4) is 5.69 Å². The molecule has 4 aromatic rings. The van der Waals surface area contributed by atoms with E-state index in [9.17, 15) is 4.79 Å². The van der Waals surface area contributed by atoms with Crippen molar-refractivity contribution in [3.63, 3.8) is 0 Å². The Morgan fingerprint density at radius 1 is 0.966 bits per heavy atom. The number of nitrogens with one attached hydrogen (secondary N) is 1. The number of aromatic nitrogens is 2. The predicted molar refractivity (Wildman–Crippen MR) is 118 cm³/mol.